The topological polar surface area (TPSA) is 18.5 Å². The molecule has 1 aliphatic heterocycles. The summed E-state index contributed by atoms with van der Waals surface area (Å²) in [7, 11) is 0. The Kier molecular flexibility index (Phi) is 3.47. The van der Waals surface area contributed by atoms with Gasteiger partial charge >= 0.3 is 0 Å². The molecule has 0 N–H and O–H groups in total. The predicted octanol–water partition coefficient (Wildman–Crippen LogP) is 3.42. The van der Waals surface area contributed by atoms with E-state index in [1.165, 1.54) is 24.8 Å². The van der Waals surface area contributed by atoms with Crippen LogP contribution in [0.4, 0.5) is 0 Å². The molecule has 0 radical (unpaired) electrons. The highest BCUT2D eigenvalue weighted by molar-refractivity contribution is 4.93. The molecule has 0 aromatic carbocycles. The maximum absolute atomic E-state index is 6.14. The van der Waals surface area contributed by atoms with Gasteiger partial charge in [-0.05, 0) is 32.6 Å². The molecule has 1 aliphatic carbocycles. The van der Waals surface area contributed by atoms with E-state index < -0.39 is 0 Å². The number of hydrogen-bond acceptors (Lipinski definition) is 2. The molecule has 0 aromatic rings. The SMILES string of the molecule is C=C(C)C[C@H]1CCOC2(CCCCC2)O1. The first-order valence-electron chi connectivity index (χ1n) is 6.16. The lowest BCUT2D eigenvalue weighted by molar-refractivity contribution is -0.304. The molecule has 2 fully saturated rings. The smallest absolute Gasteiger partial charge is 0.168 e. The van der Waals surface area contributed by atoms with Gasteiger partial charge in [0.05, 0.1) is 12.7 Å². The van der Waals surface area contributed by atoms with Crippen molar-refractivity contribution in [1.82, 2.24) is 0 Å². The lowest BCUT2D eigenvalue weighted by atomic mass is 9.92. The summed E-state index contributed by atoms with van der Waals surface area (Å²) in [6.07, 6.45) is 8.35. The number of ether oxygens (including phenoxy) is 2. The van der Waals surface area contributed by atoms with Crippen molar-refractivity contribution in [1.29, 1.82) is 0 Å². The highest BCUT2D eigenvalue weighted by atomic mass is 16.7. The van der Waals surface area contributed by atoms with E-state index in [-0.39, 0.29) is 5.79 Å². The Morgan fingerprint density at radius 2 is 2.07 bits per heavy atom. The van der Waals surface area contributed by atoms with Crippen LogP contribution in [-0.2, 0) is 9.47 Å². The minimum atomic E-state index is -0.226. The van der Waals surface area contributed by atoms with Gasteiger partial charge in [0.15, 0.2) is 5.79 Å². The first kappa shape index (κ1) is 11.2. The molecule has 2 aliphatic rings. The lowest BCUT2D eigenvalue weighted by Crippen LogP contribution is -2.46. The second kappa shape index (κ2) is 4.67. The minimum absolute atomic E-state index is 0.226. The van der Waals surface area contributed by atoms with Crippen molar-refractivity contribution < 1.29 is 9.47 Å². The Bertz CT molecular complexity index is 223. The molecule has 0 aromatic heterocycles. The molecule has 86 valence electrons. The molecular formula is C13H22O2. The Balaban J connectivity index is 1.93. The van der Waals surface area contributed by atoms with Gasteiger partial charge in [0.2, 0.25) is 0 Å². The van der Waals surface area contributed by atoms with Gasteiger partial charge < -0.3 is 9.47 Å². The lowest BCUT2D eigenvalue weighted by Gasteiger charge is -2.43. The number of hydrogen-bond donors (Lipinski definition) is 0. The zero-order valence-electron chi connectivity index (χ0n) is 9.76. The molecule has 0 unspecified atom stereocenters. The van der Waals surface area contributed by atoms with Crippen LogP contribution < -0.4 is 0 Å². The average Bonchev–Trinajstić information content (AvgIpc) is 2.17. The van der Waals surface area contributed by atoms with Crippen LogP contribution in [-0.4, -0.2) is 18.5 Å². The van der Waals surface area contributed by atoms with Crippen LogP contribution in [0.3, 0.4) is 0 Å². The first-order chi connectivity index (χ1) is 7.20. The first-order valence-corrected chi connectivity index (χ1v) is 6.16. The van der Waals surface area contributed by atoms with Crippen LogP contribution in [0, 0.1) is 0 Å². The molecule has 1 saturated carbocycles. The third kappa shape index (κ3) is 2.82. The summed E-state index contributed by atoms with van der Waals surface area (Å²) in [6.45, 7) is 6.90. The van der Waals surface area contributed by atoms with Crippen LogP contribution in [0.1, 0.15) is 51.9 Å². The molecule has 2 heteroatoms. The monoisotopic (exact) mass is 210 g/mol. The van der Waals surface area contributed by atoms with Crippen LogP contribution >= 0.6 is 0 Å². The maximum atomic E-state index is 6.14. The summed E-state index contributed by atoms with van der Waals surface area (Å²) in [6, 6.07) is 0. The molecule has 1 spiro atoms. The molecule has 2 rings (SSSR count). The summed E-state index contributed by atoms with van der Waals surface area (Å²) in [4.78, 5) is 0. The molecule has 0 amide bonds. The standard InChI is InChI=1S/C13H22O2/c1-11(2)10-12-6-9-14-13(15-12)7-4-3-5-8-13/h12H,1,3-10H2,2H3/t12-/m1/s1. The van der Waals surface area contributed by atoms with E-state index in [1.54, 1.807) is 0 Å². The summed E-state index contributed by atoms with van der Waals surface area (Å²) in [5, 5.41) is 0. The highest BCUT2D eigenvalue weighted by Crippen LogP contribution is 2.37. The second-order valence-corrected chi connectivity index (χ2v) is 5.01. The largest absolute Gasteiger partial charge is 0.350 e. The van der Waals surface area contributed by atoms with E-state index in [4.69, 9.17) is 9.47 Å². The fourth-order valence-electron chi connectivity index (χ4n) is 2.66. The fraction of sp³-hybridized carbons (Fsp3) is 0.846. The second-order valence-electron chi connectivity index (χ2n) is 5.01. The van der Waals surface area contributed by atoms with Crippen LogP contribution in [0.2, 0.25) is 0 Å². The van der Waals surface area contributed by atoms with Gasteiger partial charge in [0.1, 0.15) is 0 Å². The van der Waals surface area contributed by atoms with Gasteiger partial charge in [0, 0.05) is 12.8 Å². The molecule has 1 saturated heterocycles. The normalized spacial score (nSPS) is 30.3. The van der Waals surface area contributed by atoms with Gasteiger partial charge in [0.25, 0.3) is 0 Å². The summed E-state index contributed by atoms with van der Waals surface area (Å²) < 4.78 is 12.0. The van der Waals surface area contributed by atoms with Crippen LogP contribution in [0.5, 0.6) is 0 Å². The van der Waals surface area contributed by atoms with Crippen molar-refractivity contribution in [3.63, 3.8) is 0 Å². The van der Waals surface area contributed by atoms with Crippen LogP contribution in [0.25, 0.3) is 0 Å². The van der Waals surface area contributed by atoms with E-state index in [1.807, 2.05) is 0 Å². The van der Waals surface area contributed by atoms with E-state index in [0.29, 0.717) is 6.10 Å². The quantitative estimate of drug-likeness (QED) is 0.650. The van der Waals surface area contributed by atoms with Crippen molar-refractivity contribution in [3.05, 3.63) is 12.2 Å². The van der Waals surface area contributed by atoms with Gasteiger partial charge in [-0.1, -0.05) is 12.0 Å². The minimum Gasteiger partial charge on any atom is -0.350 e. The third-order valence-electron chi connectivity index (χ3n) is 3.38. The van der Waals surface area contributed by atoms with Crippen molar-refractivity contribution in [3.8, 4) is 0 Å². The third-order valence-corrected chi connectivity index (χ3v) is 3.38. The Morgan fingerprint density at radius 3 is 2.73 bits per heavy atom. The molecule has 1 heterocycles. The maximum Gasteiger partial charge on any atom is 0.168 e. The Hall–Kier alpha value is -0.340. The number of rotatable bonds is 2. The molecule has 15 heavy (non-hydrogen) atoms. The summed E-state index contributed by atoms with van der Waals surface area (Å²) in [5.41, 5.74) is 1.22. The van der Waals surface area contributed by atoms with Gasteiger partial charge in [-0.25, -0.2) is 0 Å². The van der Waals surface area contributed by atoms with Crippen LogP contribution in [0.15, 0.2) is 12.2 Å². The van der Waals surface area contributed by atoms with Crippen molar-refractivity contribution in [2.24, 2.45) is 0 Å². The Morgan fingerprint density at radius 1 is 1.33 bits per heavy atom. The molecule has 0 bridgehead atoms. The molecule has 2 nitrogen and oxygen atoms in total. The zero-order chi connectivity index (χ0) is 10.7. The van der Waals surface area contributed by atoms with Crippen molar-refractivity contribution in [2.45, 2.75) is 63.8 Å². The summed E-state index contributed by atoms with van der Waals surface area (Å²) in [5.74, 6) is -0.226. The van der Waals surface area contributed by atoms with Gasteiger partial charge in [-0.2, -0.15) is 0 Å². The van der Waals surface area contributed by atoms with Crippen molar-refractivity contribution >= 4 is 0 Å². The Labute approximate surface area is 92.6 Å². The van der Waals surface area contributed by atoms with E-state index >= 15 is 0 Å². The van der Waals surface area contributed by atoms with E-state index in [9.17, 15) is 0 Å². The predicted molar refractivity (Wildman–Crippen MR) is 60.7 cm³/mol. The van der Waals surface area contributed by atoms with Crippen molar-refractivity contribution in [2.75, 3.05) is 6.61 Å². The van der Waals surface area contributed by atoms with Gasteiger partial charge in [-0.3, -0.25) is 0 Å². The highest BCUT2D eigenvalue weighted by Gasteiger charge is 2.39. The van der Waals surface area contributed by atoms with E-state index in [2.05, 4.69) is 13.5 Å². The van der Waals surface area contributed by atoms with E-state index in [0.717, 1.165) is 32.3 Å². The molecule has 1 atom stereocenters. The zero-order valence-corrected chi connectivity index (χ0v) is 9.76. The molecular weight excluding hydrogens is 188 g/mol. The average molecular weight is 210 g/mol. The fourth-order valence-corrected chi connectivity index (χ4v) is 2.66. The summed E-state index contributed by atoms with van der Waals surface area (Å²) >= 11 is 0. The van der Waals surface area contributed by atoms with Gasteiger partial charge in [-0.15, -0.1) is 6.58 Å².